The zero-order valence-corrected chi connectivity index (χ0v) is 11.6. The summed E-state index contributed by atoms with van der Waals surface area (Å²) in [5.41, 5.74) is -0.145. The summed E-state index contributed by atoms with van der Waals surface area (Å²) in [6, 6.07) is 1.53. The van der Waals surface area contributed by atoms with E-state index in [1.54, 1.807) is 0 Å². The number of hydrogen-bond donors (Lipinski definition) is 1. The lowest BCUT2D eigenvalue weighted by molar-refractivity contribution is 0.102. The second-order valence-electron chi connectivity index (χ2n) is 4.42. The predicted molar refractivity (Wildman–Crippen MR) is 71.2 cm³/mol. The van der Waals surface area contributed by atoms with Gasteiger partial charge in [-0.25, -0.2) is 8.78 Å². The third-order valence-corrected chi connectivity index (χ3v) is 4.16. The monoisotopic (exact) mass is 315 g/mol. The fourth-order valence-electron chi connectivity index (χ4n) is 1.64. The highest BCUT2D eigenvalue weighted by Crippen LogP contribution is 2.42. The molecule has 1 aromatic carbocycles. The van der Waals surface area contributed by atoms with Crippen molar-refractivity contribution in [3.63, 3.8) is 0 Å². The Hall–Kier alpha value is -1.60. The normalized spacial score (nSPS) is 14.3. The maximum absolute atomic E-state index is 13.1. The zero-order valence-electron chi connectivity index (χ0n) is 9.99. The highest BCUT2D eigenvalue weighted by Gasteiger charge is 2.28. The Morgan fingerprint density at radius 2 is 2.00 bits per heavy atom. The Labute approximate surface area is 121 Å². The Bertz CT molecular complexity index is 687. The van der Waals surface area contributed by atoms with Crippen LogP contribution in [0.15, 0.2) is 12.1 Å². The van der Waals surface area contributed by atoms with Gasteiger partial charge >= 0.3 is 0 Å². The maximum atomic E-state index is 13.1. The summed E-state index contributed by atoms with van der Waals surface area (Å²) in [4.78, 5) is 11.9. The minimum atomic E-state index is -1.13. The van der Waals surface area contributed by atoms with Gasteiger partial charge in [0.2, 0.25) is 5.13 Å². The third kappa shape index (κ3) is 2.64. The molecule has 0 atom stereocenters. The molecule has 0 unspecified atom stereocenters. The van der Waals surface area contributed by atoms with Crippen LogP contribution in [-0.4, -0.2) is 16.1 Å². The lowest BCUT2D eigenvalue weighted by Gasteiger charge is -2.04. The Balaban J connectivity index is 1.79. The highest BCUT2D eigenvalue weighted by atomic mass is 35.5. The van der Waals surface area contributed by atoms with Crippen LogP contribution in [0.4, 0.5) is 13.9 Å². The first-order chi connectivity index (χ1) is 9.54. The summed E-state index contributed by atoms with van der Waals surface area (Å²) >= 11 is 7.00. The van der Waals surface area contributed by atoms with Crippen molar-refractivity contribution in [1.82, 2.24) is 10.2 Å². The van der Waals surface area contributed by atoms with Crippen molar-refractivity contribution in [2.45, 2.75) is 18.8 Å². The molecule has 1 N–H and O–H groups in total. The first kappa shape index (κ1) is 13.4. The molecular weight excluding hydrogens is 308 g/mol. The van der Waals surface area contributed by atoms with Crippen LogP contribution in [0.5, 0.6) is 0 Å². The number of carbonyl (C=O) groups excluding carboxylic acids is 1. The average Bonchev–Trinajstić information content (AvgIpc) is 3.15. The van der Waals surface area contributed by atoms with Gasteiger partial charge in [0.15, 0.2) is 11.6 Å². The van der Waals surface area contributed by atoms with Crippen LogP contribution in [-0.2, 0) is 0 Å². The summed E-state index contributed by atoms with van der Waals surface area (Å²) in [5.74, 6) is -2.44. The van der Waals surface area contributed by atoms with E-state index in [-0.39, 0.29) is 10.6 Å². The SMILES string of the molecule is O=C(Nc1nnc(C2CC2)s1)c1cc(F)c(F)cc1Cl. The highest BCUT2D eigenvalue weighted by molar-refractivity contribution is 7.15. The number of amides is 1. The molecule has 0 spiro atoms. The van der Waals surface area contributed by atoms with Crippen molar-refractivity contribution in [1.29, 1.82) is 0 Å². The van der Waals surface area contributed by atoms with E-state index >= 15 is 0 Å². The molecule has 1 saturated carbocycles. The molecule has 1 aromatic heterocycles. The maximum Gasteiger partial charge on any atom is 0.259 e. The molecule has 8 heteroatoms. The van der Waals surface area contributed by atoms with Gasteiger partial charge in [-0.15, -0.1) is 10.2 Å². The van der Waals surface area contributed by atoms with E-state index in [0.29, 0.717) is 11.0 Å². The van der Waals surface area contributed by atoms with Gasteiger partial charge in [-0.2, -0.15) is 0 Å². The lowest BCUT2D eigenvalue weighted by Crippen LogP contribution is -2.13. The summed E-state index contributed by atoms with van der Waals surface area (Å²) < 4.78 is 26.1. The van der Waals surface area contributed by atoms with Crippen molar-refractivity contribution in [2.24, 2.45) is 0 Å². The molecule has 0 aliphatic heterocycles. The van der Waals surface area contributed by atoms with Crippen molar-refractivity contribution in [2.75, 3.05) is 5.32 Å². The number of nitrogens with one attached hydrogen (secondary N) is 1. The first-order valence-electron chi connectivity index (χ1n) is 5.84. The van der Waals surface area contributed by atoms with Crippen LogP contribution in [0, 0.1) is 11.6 Å². The van der Waals surface area contributed by atoms with E-state index < -0.39 is 17.5 Å². The average molecular weight is 316 g/mol. The number of halogens is 3. The van der Waals surface area contributed by atoms with Gasteiger partial charge < -0.3 is 0 Å². The lowest BCUT2D eigenvalue weighted by atomic mass is 10.2. The molecule has 1 fully saturated rings. The fourth-order valence-corrected chi connectivity index (χ4v) is 2.79. The molecular formula is C12H8ClF2N3OS. The third-order valence-electron chi connectivity index (χ3n) is 2.84. The molecule has 3 rings (SSSR count). The van der Waals surface area contributed by atoms with Gasteiger partial charge in [0.25, 0.3) is 5.91 Å². The summed E-state index contributed by atoms with van der Waals surface area (Å²) in [5, 5.41) is 11.3. The molecule has 0 saturated heterocycles. The molecule has 0 radical (unpaired) electrons. The number of aromatic nitrogens is 2. The molecule has 2 aromatic rings. The van der Waals surface area contributed by atoms with Gasteiger partial charge in [0, 0.05) is 5.92 Å². The van der Waals surface area contributed by atoms with E-state index in [1.165, 1.54) is 11.3 Å². The zero-order chi connectivity index (χ0) is 14.3. The van der Waals surface area contributed by atoms with Crippen LogP contribution < -0.4 is 5.32 Å². The molecule has 1 heterocycles. The molecule has 0 bridgehead atoms. The van der Waals surface area contributed by atoms with Crippen LogP contribution in [0.3, 0.4) is 0 Å². The van der Waals surface area contributed by atoms with Gasteiger partial charge in [-0.1, -0.05) is 22.9 Å². The van der Waals surface area contributed by atoms with Crippen LogP contribution in [0.25, 0.3) is 0 Å². The van der Waals surface area contributed by atoms with Crippen LogP contribution in [0.2, 0.25) is 5.02 Å². The smallest absolute Gasteiger partial charge is 0.259 e. The van der Waals surface area contributed by atoms with E-state index in [1.807, 2.05) is 0 Å². The van der Waals surface area contributed by atoms with Crippen molar-refractivity contribution < 1.29 is 13.6 Å². The number of anilines is 1. The minimum absolute atomic E-state index is 0.145. The number of benzene rings is 1. The minimum Gasteiger partial charge on any atom is -0.296 e. The van der Waals surface area contributed by atoms with E-state index in [0.717, 1.165) is 30.0 Å². The van der Waals surface area contributed by atoms with Crippen LogP contribution in [0.1, 0.15) is 34.1 Å². The predicted octanol–water partition coefficient (Wildman–Crippen LogP) is 3.60. The van der Waals surface area contributed by atoms with Gasteiger partial charge in [0.1, 0.15) is 5.01 Å². The van der Waals surface area contributed by atoms with Crippen molar-refractivity contribution >= 4 is 34.0 Å². The van der Waals surface area contributed by atoms with Crippen molar-refractivity contribution in [3.05, 3.63) is 39.4 Å². The molecule has 1 aliphatic rings. The van der Waals surface area contributed by atoms with E-state index in [9.17, 15) is 13.6 Å². The Morgan fingerprint density at radius 1 is 1.30 bits per heavy atom. The standard InChI is InChI=1S/C12H8ClF2N3OS/c13-7-4-9(15)8(14)3-6(7)10(19)16-12-18-17-11(20-12)5-1-2-5/h3-5H,1-2H2,(H,16,18,19). The summed E-state index contributed by atoms with van der Waals surface area (Å²) in [6.45, 7) is 0. The molecule has 4 nitrogen and oxygen atoms in total. The van der Waals surface area contributed by atoms with Crippen LogP contribution >= 0.6 is 22.9 Å². The topological polar surface area (TPSA) is 54.9 Å². The number of rotatable bonds is 3. The number of nitrogens with zero attached hydrogens (tertiary/aromatic N) is 2. The number of carbonyl (C=O) groups is 1. The largest absolute Gasteiger partial charge is 0.296 e. The molecule has 1 aliphatic carbocycles. The Kier molecular flexibility index (Phi) is 3.39. The van der Waals surface area contributed by atoms with Gasteiger partial charge in [-0.05, 0) is 25.0 Å². The summed E-state index contributed by atoms with van der Waals surface area (Å²) in [6.07, 6.45) is 2.16. The summed E-state index contributed by atoms with van der Waals surface area (Å²) in [7, 11) is 0. The van der Waals surface area contributed by atoms with Gasteiger partial charge in [-0.3, -0.25) is 10.1 Å². The molecule has 1 amide bonds. The van der Waals surface area contributed by atoms with E-state index in [2.05, 4.69) is 15.5 Å². The van der Waals surface area contributed by atoms with Gasteiger partial charge in [0.05, 0.1) is 10.6 Å². The van der Waals surface area contributed by atoms with Crippen molar-refractivity contribution in [3.8, 4) is 0 Å². The number of hydrogen-bond acceptors (Lipinski definition) is 4. The quantitative estimate of drug-likeness (QED) is 0.880. The first-order valence-corrected chi connectivity index (χ1v) is 7.03. The second-order valence-corrected chi connectivity index (χ2v) is 5.84. The second kappa shape index (κ2) is 5.06. The fraction of sp³-hybridized carbons (Fsp3) is 0.250. The molecule has 20 heavy (non-hydrogen) atoms. The Morgan fingerprint density at radius 3 is 2.70 bits per heavy atom. The molecule has 104 valence electrons. The van der Waals surface area contributed by atoms with E-state index in [4.69, 9.17) is 11.6 Å².